The summed E-state index contributed by atoms with van der Waals surface area (Å²) < 4.78 is 19.5. The van der Waals surface area contributed by atoms with Crippen LogP contribution in [0.1, 0.15) is 26.2 Å². The lowest BCUT2D eigenvalue weighted by Crippen LogP contribution is -2.63. The molecule has 5 nitrogen and oxygen atoms in total. The number of ether oxygens (including phenoxy) is 1. The fourth-order valence-corrected chi connectivity index (χ4v) is 3.28. The van der Waals surface area contributed by atoms with Crippen molar-refractivity contribution in [3.05, 3.63) is 0 Å². The quantitative estimate of drug-likeness (QED) is 0.678. The number of carbonyl (C=O) groups is 2. The first-order chi connectivity index (χ1) is 8.54. The van der Waals surface area contributed by atoms with E-state index in [1.807, 2.05) is 6.92 Å². The first-order valence-electron chi connectivity index (χ1n) is 6.45. The summed E-state index contributed by atoms with van der Waals surface area (Å²) in [5.74, 6) is -0.630. The van der Waals surface area contributed by atoms with Crippen LogP contribution in [0.2, 0.25) is 0 Å². The molecule has 6 unspecified atom stereocenters. The molecule has 2 aliphatic heterocycles. The van der Waals surface area contributed by atoms with E-state index >= 15 is 0 Å². The van der Waals surface area contributed by atoms with Crippen molar-refractivity contribution in [2.45, 2.75) is 44.7 Å². The average Bonchev–Trinajstić information content (AvgIpc) is 2.29. The molecule has 18 heavy (non-hydrogen) atoms. The third kappa shape index (κ3) is 1.88. The highest BCUT2D eigenvalue weighted by atomic mass is 19.1. The minimum Gasteiger partial charge on any atom is -0.354 e. The Balaban J connectivity index is 1.76. The van der Waals surface area contributed by atoms with Crippen molar-refractivity contribution in [3.63, 3.8) is 0 Å². The van der Waals surface area contributed by atoms with Gasteiger partial charge in [0.05, 0.1) is 12.0 Å². The molecule has 0 bridgehead atoms. The number of imide groups is 1. The molecule has 0 spiro atoms. The van der Waals surface area contributed by atoms with Crippen LogP contribution in [0.4, 0.5) is 9.18 Å². The van der Waals surface area contributed by atoms with Crippen molar-refractivity contribution in [2.75, 3.05) is 0 Å². The van der Waals surface area contributed by atoms with Crippen LogP contribution in [-0.4, -0.2) is 30.4 Å². The second-order valence-corrected chi connectivity index (χ2v) is 5.62. The van der Waals surface area contributed by atoms with Crippen molar-refractivity contribution in [3.8, 4) is 0 Å². The number of halogens is 1. The predicted octanol–water partition coefficient (Wildman–Crippen LogP) is 0.941. The molecule has 0 aromatic carbocycles. The van der Waals surface area contributed by atoms with E-state index in [0.29, 0.717) is 19.3 Å². The molecule has 2 N–H and O–H groups in total. The lowest BCUT2D eigenvalue weighted by Gasteiger charge is -2.46. The number of amides is 3. The number of carbonyl (C=O) groups excluding carboxylic acids is 2. The Morgan fingerprint density at radius 2 is 2.06 bits per heavy atom. The van der Waals surface area contributed by atoms with Gasteiger partial charge >= 0.3 is 6.03 Å². The summed E-state index contributed by atoms with van der Waals surface area (Å²) >= 11 is 0. The molecular weight excluding hydrogens is 239 g/mol. The van der Waals surface area contributed by atoms with Gasteiger partial charge in [0.1, 0.15) is 12.4 Å². The summed E-state index contributed by atoms with van der Waals surface area (Å²) in [4.78, 5) is 22.9. The Bertz CT molecular complexity index is 390. The van der Waals surface area contributed by atoms with Crippen molar-refractivity contribution >= 4 is 11.9 Å². The van der Waals surface area contributed by atoms with Gasteiger partial charge in [-0.1, -0.05) is 6.92 Å². The lowest BCUT2D eigenvalue weighted by molar-refractivity contribution is -0.169. The summed E-state index contributed by atoms with van der Waals surface area (Å²) in [6, 6.07) is -0.507. The third-order valence-electron chi connectivity index (χ3n) is 4.37. The molecule has 1 saturated carbocycles. The monoisotopic (exact) mass is 256 g/mol. The van der Waals surface area contributed by atoms with Gasteiger partial charge in [-0.05, 0) is 31.1 Å². The minimum absolute atomic E-state index is 0.0177. The summed E-state index contributed by atoms with van der Waals surface area (Å²) in [5.41, 5.74) is 0. The van der Waals surface area contributed by atoms with E-state index < -0.39 is 18.4 Å². The molecular formula is C12H17FN2O3. The van der Waals surface area contributed by atoms with Crippen LogP contribution < -0.4 is 10.6 Å². The smallest absolute Gasteiger partial charge is 0.323 e. The lowest BCUT2D eigenvalue weighted by atomic mass is 9.73. The zero-order chi connectivity index (χ0) is 12.9. The Morgan fingerprint density at radius 1 is 1.28 bits per heavy atom. The maximum Gasteiger partial charge on any atom is 0.323 e. The number of nitrogens with one attached hydrogen (secondary N) is 2. The highest BCUT2D eigenvalue weighted by Crippen LogP contribution is 2.41. The SMILES string of the molecule is CC1CC2OC3NC(=O)NC(=O)C3CC2CC1F. The first-order valence-corrected chi connectivity index (χ1v) is 6.45. The fourth-order valence-electron chi connectivity index (χ4n) is 3.28. The van der Waals surface area contributed by atoms with Crippen LogP contribution in [0, 0.1) is 17.8 Å². The van der Waals surface area contributed by atoms with E-state index in [9.17, 15) is 14.0 Å². The minimum atomic E-state index is -0.812. The van der Waals surface area contributed by atoms with Gasteiger partial charge in [0.2, 0.25) is 5.91 Å². The van der Waals surface area contributed by atoms with E-state index in [1.54, 1.807) is 0 Å². The Kier molecular flexibility index (Phi) is 2.77. The number of urea groups is 1. The van der Waals surface area contributed by atoms with Gasteiger partial charge in [0, 0.05) is 0 Å². The van der Waals surface area contributed by atoms with Crippen molar-refractivity contribution in [2.24, 2.45) is 17.8 Å². The summed E-state index contributed by atoms with van der Waals surface area (Å²) in [5, 5.41) is 4.85. The molecule has 100 valence electrons. The average molecular weight is 256 g/mol. The van der Waals surface area contributed by atoms with Gasteiger partial charge in [-0.3, -0.25) is 10.1 Å². The van der Waals surface area contributed by atoms with Crippen LogP contribution in [0.15, 0.2) is 0 Å². The van der Waals surface area contributed by atoms with Gasteiger partial charge in [-0.2, -0.15) is 0 Å². The van der Waals surface area contributed by atoms with Crippen LogP contribution >= 0.6 is 0 Å². The van der Waals surface area contributed by atoms with Crippen molar-refractivity contribution in [1.82, 2.24) is 10.6 Å². The van der Waals surface area contributed by atoms with Crippen LogP contribution in [-0.2, 0) is 9.53 Å². The molecule has 3 fully saturated rings. The van der Waals surface area contributed by atoms with Gasteiger partial charge in [-0.25, -0.2) is 9.18 Å². The predicted molar refractivity (Wildman–Crippen MR) is 60.2 cm³/mol. The summed E-state index contributed by atoms with van der Waals surface area (Å²) in [6.45, 7) is 1.88. The van der Waals surface area contributed by atoms with E-state index in [1.165, 1.54) is 0 Å². The molecule has 6 heteroatoms. The molecule has 3 aliphatic rings. The summed E-state index contributed by atoms with van der Waals surface area (Å²) in [6.07, 6.45) is 0.306. The van der Waals surface area contributed by atoms with Gasteiger partial charge < -0.3 is 10.1 Å². The maximum absolute atomic E-state index is 13.7. The van der Waals surface area contributed by atoms with Crippen LogP contribution in [0.3, 0.4) is 0 Å². The number of fused-ring (bicyclic) bond motifs is 2. The highest BCUT2D eigenvalue weighted by Gasteiger charge is 2.48. The van der Waals surface area contributed by atoms with E-state index in [4.69, 9.17) is 4.74 Å². The number of rotatable bonds is 0. The van der Waals surface area contributed by atoms with E-state index in [-0.39, 0.29) is 29.8 Å². The molecule has 0 radical (unpaired) electrons. The normalized spacial score (nSPS) is 47.7. The Labute approximate surface area is 104 Å². The number of alkyl halides is 1. The standard InChI is InChI=1S/C12H17FN2O3/c1-5-2-9-6(4-8(5)13)3-7-10(16)14-12(17)15-11(7)18-9/h5-9,11H,2-4H2,1H3,(H2,14,15,16,17). The highest BCUT2D eigenvalue weighted by molar-refractivity contribution is 5.98. The largest absolute Gasteiger partial charge is 0.354 e. The topological polar surface area (TPSA) is 67.4 Å². The zero-order valence-electron chi connectivity index (χ0n) is 10.2. The molecule has 2 heterocycles. The second kappa shape index (κ2) is 4.19. The maximum atomic E-state index is 13.7. The van der Waals surface area contributed by atoms with Crippen molar-refractivity contribution in [1.29, 1.82) is 0 Å². The van der Waals surface area contributed by atoms with Gasteiger partial charge in [0.15, 0.2) is 0 Å². The third-order valence-corrected chi connectivity index (χ3v) is 4.37. The number of hydrogen-bond acceptors (Lipinski definition) is 3. The van der Waals surface area contributed by atoms with Crippen LogP contribution in [0.5, 0.6) is 0 Å². The Hall–Kier alpha value is -1.17. The second-order valence-electron chi connectivity index (χ2n) is 5.62. The molecule has 0 aromatic rings. The molecule has 6 atom stereocenters. The van der Waals surface area contributed by atoms with Gasteiger partial charge in [0.25, 0.3) is 0 Å². The fraction of sp³-hybridized carbons (Fsp3) is 0.833. The number of hydrogen-bond donors (Lipinski definition) is 2. The molecule has 3 rings (SSSR count). The van der Waals surface area contributed by atoms with Crippen LogP contribution in [0.25, 0.3) is 0 Å². The molecule has 3 amide bonds. The zero-order valence-corrected chi connectivity index (χ0v) is 10.2. The Morgan fingerprint density at radius 3 is 2.83 bits per heavy atom. The van der Waals surface area contributed by atoms with E-state index in [2.05, 4.69) is 10.6 Å². The van der Waals surface area contributed by atoms with Gasteiger partial charge in [-0.15, -0.1) is 0 Å². The van der Waals surface area contributed by atoms with E-state index in [0.717, 1.165) is 0 Å². The first kappa shape index (κ1) is 11.9. The van der Waals surface area contributed by atoms with Crippen molar-refractivity contribution < 1.29 is 18.7 Å². The molecule has 0 aromatic heterocycles. The summed E-state index contributed by atoms with van der Waals surface area (Å²) in [7, 11) is 0. The molecule has 2 saturated heterocycles. The molecule has 1 aliphatic carbocycles.